The zero-order chi connectivity index (χ0) is 15.4. The molecule has 112 valence electrons. The molecule has 1 aromatic heterocycles. The Kier molecular flexibility index (Phi) is 4.49. The standard InChI is InChI=1S/C13H18N6O2/c1-3-12-15-13(4-2)18(17-12)8-9-5-6-10(16-14)11(7-9)19(20)21/h5-7,16H,3-4,8,14H2,1-2H3. The zero-order valence-electron chi connectivity index (χ0n) is 12.0. The minimum Gasteiger partial charge on any atom is -0.318 e. The molecule has 0 radical (unpaired) electrons. The van der Waals surface area contributed by atoms with Crippen molar-refractivity contribution in [2.24, 2.45) is 5.84 Å². The second-order valence-corrected chi connectivity index (χ2v) is 4.56. The van der Waals surface area contributed by atoms with Crippen molar-refractivity contribution in [3.63, 3.8) is 0 Å². The Morgan fingerprint density at radius 1 is 1.38 bits per heavy atom. The summed E-state index contributed by atoms with van der Waals surface area (Å²) in [5, 5.41) is 15.4. The van der Waals surface area contributed by atoms with E-state index >= 15 is 0 Å². The van der Waals surface area contributed by atoms with E-state index in [-0.39, 0.29) is 11.4 Å². The molecule has 8 nitrogen and oxygen atoms in total. The summed E-state index contributed by atoms with van der Waals surface area (Å²) in [5.74, 6) is 6.93. The molecule has 0 bridgehead atoms. The van der Waals surface area contributed by atoms with Gasteiger partial charge in [-0.2, -0.15) is 5.10 Å². The fourth-order valence-corrected chi connectivity index (χ4v) is 2.09. The Morgan fingerprint density at radius 2 is 2.14 bits per heavy atom. The minimum absolute atomic E-state index is 0.0520. The molecule has 0 amide bonds. The van der Waals surface area contributed by atoms with Crippen LogP contribution >= 0.6 is 0 Å². The van der Waals surface area contributed by atoms with E-state index in [0.29, 0.717) is 6.54 Å². The summed E-state index contributed by atoms with van der Waals surface area (Å²) >= 11 is 0. The molecule has 0 unspecified atom stereocenters. The first kappa shape index (κ1) is 14.9. The van der Waals surface area contributed by atoms with Gasteiger partial charge in [-0.05, 0) is 11.6 Å². The quantitative estimate of drug-likeness (QED) is 0.475. The third-order valence-electron chi connectivity index (χ3n) is 3.17. The van der Waals surface area contributed by atoms with Gasteiger partial charge in [0.15, 0.2) is 5.82 Å². The number of aryl methyl sites for hydroxylation is 2. The van der Waals surface area contributed by atoms with Crippen molar-refractivity contribution in [1.82, 2.24) is 14.8 Å². The fourth-order valence-electron chi connectivity index (χ4n) is 2.09. The molecular weight excluding hydrogens is 272 g/mol. The van der Waals surface area contributed by atoms with Crippen molar-refractivity contribution in [1.29, 1.82) is 0 Å². The topological polar surface area (TPSA) is 112 Å². The summed E-state index contributed by atoms with van der Waals surface area (Å²) in [5.41, 5.74) is 3.34. The number of nitrogens with two attached hydrogens (primary N) is 1. The van der Waals surface area contributed by atoms with E-state index in [1.54, 1.807) is 16.8 Å². The van der Waals surface area contributed by atoms with Gasteiger partial charge in [0.1, 0.15) is 11.5 Å². The van der Waals surface area contributed by atoms with Crippen LogP contribution in [0, 0.1) is 10.1 Å². The number of hydrogen-bond donors (Lipinski definition) is 2. The maximum atomic E-state index is 11.0. The van der Waals surface area contributed by atoms with Gasteiger partial charge in [0, 0.05) is 18.9 Å². The highest BCUT2D eigenvalue weighted by molar-refractivity contribution is 5.61. The van der Waals surface area contributed by atoms with Gasteiger partial charge >= 0.3 is 0 Å². The van der Waals surface area contributed by atoms with E-state index in [1.807, 2.05) is 13.8 Å². The first-order valence-electron chi connectivity index (χ1n) is 6.75. The van der Waals surface area contributed by atoms with E-state index in [2.05, 4.69) is 15.5 Å². The molecule has 0 aliphatic rings. The molecule has 0 aliphatic heterocycles. The number of hydrazine groups is 1. The van der Waals surface area contributed by atoms with Crippen LogP contribution in [0.1, 0.15) is 31.1 Å². The number of hydrogen-bond acceptors (Lipinski definition) is 6. The van der Waals surface area contributed by atoms with E-state index in [9.17, 15) is 10.1 Å². The molecule has 0 fully saturated rings. The molecule has 1 aromatic carbocycles. The first-order valence-corrected chi connectivity index (χ1v) is 6.75. The maximum absolute atomic E-state index is 11.0. The van der Waals surface area contributed by atoms with Gasteiger partial charge in [-0.15, -0.1) is 0 Å². The second kappa shape index (κ2) is 6.31. The molecule has 0 aliphatic carbocycles. The summed E-state index contributed by atoms with van der Waals surface area (Å²) in [6, 6.07) is 4.88. The van der Waals surface area contributed by atoms with Gasteiger partial charge in [0.05, 0.1) is 11.5 Å². The van der Waals surface area contributed by atoms with Crippen LogP contribution in [0.15, 0.2) is 18.2 Å². The van der Waals surface area contributed by atoms with Crippen LogP contribution in [0.3, 0.4) is 0 Å². The van der Waals surface area contributed by atoms with E-state index in [4.69, 9.17) is 5.84 Å². The highest BCUT2D eigenvalue weighted by atomic mass is 16.6. The number of nitro groups is 1. The van der Waals surface area contributed by atoms with Gasteiger partial charge < -0.3 is 5.43 Å². The van der Waals surface area contributed by atoms with Crippen LogP contribution in [-0.4, -0.2) is 19.7 Å². The van der Waals surface area contributed by atoms with Gasteiger partial charge in [-0.25, -0.2) is 9.67 Å². The average molecular weight is 290 g/mol. The number of aromatic nitrogens is 3. The lowest BCUT2D eigenvalue weighted by Crippen LogP contribution is -2.10. The van der Waals surface area contributed by atoms with Gasteiger partial charge in [-0.1, -0.05) is 19.9 Å². The van der Waals surface area contributed by atoms with Crippen molar-refractivity contribution in [3.05, 3.63) is 45.5 Å². The Labute approximate surface area is 122 Å². The van der Waals surface area contributed by atoms with Crippen LogP contribution in [0.2, 0.25) is 0 Å². The number of nitro benzene ring substituents is 1. The molecule has 3 N–H and O–H groups in total. The highest BCUT2D eigenvalue weighted by Crippen LogP contribution is 2.25. The van der Waals surface area contributed by atoms with E-state index in [0.717, 1.165) is 30.1 Å². The van der Waals surface area contributed by atoms with Crippen molar-refractivity contribution < 1.29 is 4.92 Å². The number of nitrogens with zero attached hydrogens (tertiary/aromatic N) is 4. The van der Waals surface area contributed by atoms with E-state index in [1.165, 1.54) is 6.07 Å². The van der Waals surface area contributed by atoms with Gasteiger partial charge in [0.25, 0.3) is 5.69 Å². The van der Waals surface area contributed by atoms with Crippen molar-refractivity contribution in [3.8, 4) is 0 Å². The van der Waals surface area contributed by atoms with Crippen molar-refractivity contribution in [2.45, 2.75) is 33.2 Å². The summed E-state index contributed by atoms with van der Waals surface area (Å²) in [7, 11) is 0. The van der Waals surface area contributed by atoms with Crippen LogP contribution in [0.25, 0.3) is 0 Å². The van der Waals surface area contributed by atoms with Crippen LogP contribution in [-0.2, 0) is 19.4 Å². The molecule has 0 saturated heterocycles. The third kappa shape index (κ3) is 3.16. The third-order valence-corrected chi connectivity index (χ3v) is 3.17. The van der Waals surface area contributed by atoms with Crippen molar-refractivity contribution in [2.75, 3.05) is 5.43 Å². The predicted molar refractivity (Wildman–Crippen MR) is 78.8 cm³/mol. The highest BCUT2D eigenvalue weighted by Gasteiger charge is 2.15. The molecule has 1 heterocycles. The normalized spacial score (nSPS) is 10.6. The number of anilines is 1. The van der Waals surface area contributed by atoms with Gasteiger partial charge in [-0.3, -0.25) is 16.0 Å². The molecule has 0 atom stereocenters. The minimum atomic E-state index is -0.460. The van der Waals surface area contributed by atoms with Crippen LogP contribution in [0.5, 0.6) is 0 Å². The lowest BCUT2D eigenvalue weighted by Gasteiger charge is -2.07. The summed E-state index contributed by atoms with van der Waals surface area (Å²) in [4.78, 5) is 15.0. The monoisotopic (exact) mass is 290 g/mol. The predicted octanol–water partition coefficient (Wildman–Crippen LogP) is 1.64. The Bertz CT molecular complexity index is 652. The van der Waals surface area contributed by atoms with Crippen LogP contribution in [0.4, 0.5) is 11.4 Å². The first-order chi connectivity index (χ1) is 10.1. The molecule has 0 saturated carbocycles. The lowest BCUT2D eigenvalue weighted by molar-refractivity contribution is -0.384. The lowest BCUT2D eigenvalue weighted by atomic mass is 10.1. The Hall–Kier alpha value is -2.48. The fraction of sp³-hybridized carbons (Fsp3) is 0.385. The summed E-state index contributed by atoms with van der Waals surface area (Å²) < 4.78 is 1.79. The smallest absolute Gasteiger partial charge is 0.293 e. The number of nitrogen functional groups attached to an aromatic ring is 1. The largest absolute Gasteiger partial charge is 0.318 e. The summed E-state index contributed by atoms with van der Waals surface area (Å²) in [6.45, 7) is 4.44. The maximum Gasteiger partial charge on any atom is 0.293 e. The average Bonchev–Trinajstić information content (AvgIpc) is 2.89. The summed E-state index contributed by atoms with van der Waals surface area (Å²) in [6.07, 6.45) is 1.52. The number of rotatable bonds is 6. The second-order valence-electron chi connectivity index (χ2n) is 4.56. The number of nitrogens with one attached hydrogen (secondary N) is 1. The SMILES string of the molecule is CCc1nc(CC)n(Cc2ccc(NN)c([N+](=O)[O-])c2)n1. The van der Waals surface area contributed by atoms with Gasteiger partial charge in [0.2, 0.25) is 0 Å². The zero-order valence-corrected chi connectivity index (χ0v) is 12.0. The Balaban J connectivity index is 2.33. The van der Waals surface area contributed by atoms with E-state index < -0.39 is 4.92 Å². The molecule has 8 heteroatoms. The van der Waals surface area contributed by atoms with Crippen molar-refractivity contribution >= 4 is 11.4 Å². The molecule has 2 rings (SSSR count). The molecule has 2 aromatic rings. The molecule has 0 spiro atoms. The van der Waals surface area contributed by atoms with Crippen LogP contribution < -0.4 is 11.3 Å². The number of benzene rings is 1. The molecule has 21 heavy (non-hydrogen) atoms. The molecular formula is C13H18N6O2. The Morgan fingerprint density at radius 3 is 2.71 bits per heavy atom.